The molecule has 0 saturated carbocycles. The molecule has 0 aliphatic carbocycles. The van der Waals surface area contributed by atoms with Gasteiger partial charge in [0.05, 0.1) is 11.5 Å². The summed E-state index contributed by atoms with van der Waals surface area (Å²) in [5.74, 6) is -5.26. The average molecular weight is 256 g/mol. The van der Waals surface area contributed by atoms with Crippen LogP contribution in [-0.4, -0.2) is 16.9 Å². The van der Waals surface area contributed by atoms with Crippen LogP contribution in [0.4, 0.5) is 8.78 Å². The van der Waals surface area contributed by atoms with Crippen LogP contribution in [0.2, 0.25) is 0 Å². The van der Waals surface area contributed by atoms with Gasteiger partial charge in [-0.3, -0.25) is 9.59 Å². The monoisotopic (exact) mass is 256 g/mol. The molecule has 1 aromatic rings. The number of ketones is 1. The predicted molar refractivity (Wildman–Crippen MR) is 61.4 cm³/mol. The van der Waals surface area contributed by atoms with E-state index in [1.54, 1.807) is 0 Å². The van der Waals surface area contributed by atoms with Crippen molar-refractivity contribution in [3.63, 3.8) is 0 Å². The lowest BCUT2D eigenvalue weighted by atomic mass is 9.88. The molecule has 0 aromatic heterocycles. The Kier molecular flexibility index (Phi) is 4.16. The fraction of sp³-hybridized carbons (Fsp3) is 0.385. The molecule has 3 nitrogen and oxygen atoms in total. The van der Waals surface area contributed by atoms with Crippen molar-refractivity contribution >= 4 is 11.8 Å². The lowest BCUT2D eigenvalue weighted by Crippen LogP contribution is -2.26. The van der Waals surface area contributed by atoms with Crippen molar-refractivity contribution < 1.29 is 23.5 Å². The summed E-state index contributed by atoms with van der Waals surface area (Å²) in [5.41, 5.74) is -0.121. The zero-order valence-corrected chi connectivity index (χ0v) is 10.3. The minimum atomic E-state index is -1.13. The number of hydrogen-bond donors (Lipinski definition) is 1. The molecule has 2 atom stereocenters. The van der Waals surface area contributed by atoms with E-state index in [4.69, 9.17) is 5.11 Å². The van der Waals surface area contributed by atoms with E-state index in [1.165, 1.54) is 20.8 Å². The van der Waals surface area contributed by atoms with Gasteiger partial charge in [0.25, 0.3) is 0 Å². The smallest absolute Gasteiger partial charge is 0.306 e. The van der Waals surface area contributed by atoms with E-state index in [1.807, 2.05) is 0 Å². The molecular formula is C13H14F2O3. The topological polar surface area (TPSA) is 54.4 Å². The van der Waals surface area contributed by atoms with Gasteiger partial charge < -0.3 is 5.11 Å². The molecule has 0 aliphatic heterocycles. The van der Waals surface area contributed by atoms with Crippen LogP contribution in [-0.2, 0) is 4.79 Å². The Morgan fingerprint density at radius 1 is 1.11 bits per heavy atom. The molecule has 0 heterocycles. The highest BCUT2D eigenvalue weighted by Gasteiger charge is 2.28. The molecule has 98 valence electrons. The molecule has 2 unspecified atom stereocenters. The summed E-state index contributed by atoms with van der Waals surface area (Å²) in [6.45, 7) is 4.20. The van der Waals surface area contributed by atoms with Crippen LogP contribution in [0, 0.1) is 30.4 Å². The van der Waals surface area contributed by atoms with E-state index in [2.05, 4.69) is 0 Å². The summed E-state index contributed by atoms with van der Waals surface area (Å²) < 4.78 is 26.6. The quantitative estimate of drug-likeness (QED) is 0.843. The van der Waals surface area contributed by atoms with Crippen molar-refractivity contribution in [2.75, 3.05) is 0 Å². The standard InChI is InChI=1S/C13H14F2O3/c1-6-4-9(11(15)5-10(6)14)12(16)7(2)8(3)13(17)18/h4-5,7-8H,1-3H3,(H,17,18). The molecule has 0 fully saturated rings. The maximum Gasteiger partial charge on any atom is 0.306 e. The van der Waals surface area contributed by atoms with Gasteiger partial charge in [-0.15, -0.1) is 0 Å². The van der Waals surface area contributed by atoms with E-state index in [9.17, 15) is 18.4 Å². The van der Waals surface area contributed by atoms with Crippen molar-refractivity contribution in [2.45, 2.75) is 20.8 Å². The third-order valence-corrected chi connectivity index (χ3v) is 3.07. The molecular weight excluding hydrogens is 242 g/mol. The molecule has 0 saturated heterocycles. The minimum Gasteiger partial charge on any atom is -0.481 e. The maximum absolute atomic E-state index is 13.5. The van der Waals surface area contributed by atoms with Gasteiger partial charge in [0.15, 0.2) is 5.78 Å². The van der Waals surface area contributed by atoms with E-state index >= 15 is 0 Å². The molecule has 18 heavy (non-hydrogen) atoms. The highest BCUT2D eigenvalue weighted by atomic mass is 19.1. The molecule has 1 N–H and O–H groups in total. The van der Waals surface area contributed by atoms with Crippen LogP contribution in [0.25, 0.3) is 0 Å². The first-order valence-corrected chi connectivity index (χ1v) is 5.48. The number of aryl methyl sites for hydroxylation is 1. The molecule has 0 spiro atoms. The van der Waals surface area contributed by atoms with Gasteiger partial charge >= 0.3 is 5.97 Å². The largest absolute Gasteiger partial charge is 0.481 e. The molecule has 5 heteroatoms. The number of carbonyl (C=O) groups is 2. The zero-order valence-electron chi connectivity index (χ0n) is 10.3. The van der Waals surface area contributed by atoms with Crippen LogP contribution in [0.5, 0.6) is 0 Å². The molecule has 0 aliphatic rings. The Hall–Kier alpha value is -1.78. The molecule has 0 bridgehead atoms. The molecule has 0 radical (unpaired) electrons. The summed E-state index contributed by atoms with van der Waals surface area (Å²) >= 11 is 0. The lowest BCUT2D eigenvalue weighted by Gasteiger charge is -2.15. The van der Waals surface area contributed by atoms with E-state index in [-0.39, 0.29) is 11.1 Å². The minimum absolute atomic E-state index is 0.148. The Bertz CT molecular complexity index is 497. The fourth-order valence-electron chi connectivity index (χ4n) is 1.53. The number of carboxylic acid groups (broad SMARTS) is 1. The van der Waals surface area contributed by atoms with Crippen molar-refractivity contribution in [2.24, 2.45) is 11.8 Å². The Balaban J connectivity index is 3.11. The lowest BCUT2D eigenvalue weighted by molar-refractivity contribution is -0.142. The zero-order chi connectivity index (χ0) is 14.0. The summed E-state index contributed by atoms with van der Waals surface area (Å²) in [6, 6.07) is 1.75. The van der Waals surface area contributed by atoms with Gasteiger partial charge in [-0.25, -0.2) is 8.78 Å². The van der Waals surface area contributed by atoms with Crippen LogP contribution in [0.3, 0.4) is 0 Å². The summed E-state index contributed by atoms with van der Waals surface area (Å²) in [6.07, 6.45) is 0. The van der Waals surface area contributed by atoms with Crippen LogP contribution in [0.1, 0.15) is 29.8 Å². The van der Waals surface area contributed by atoms with Crippen molar-refractivity contribution in [1.29, 1.82) is 0 Å². The fourth-order valence-corrected chi connectivity index (χ4v) is 1.53. The van der Waals surface area contributed by atoms with Gasteiger partial charge in [-0.2, -0.15) is 0 Å². The SMILES string of the molecule is Cc1cc(C(=O)C(C)C(C)C(=O)O)c(F)cc1F. The maximum atomic E-state index is 13.5. The number of aliphatic carboxylic acids is 1. The Labute approximate surface area is 103 Å². The van der Waals surface area contributed by atoms with Crippen molar-refractivity contribution in [1.82, 2.24) is 0 Å². The van der Waals surface area contributed by atoms with Crippen molar-refractivity contribution in [3.05, 3.63) is 34.9 Å². The second kappa shape index (κ2) is 5.25. The predicted octanol–water partition coefficient (Wildman–Crippen LogP) is 2.81. The Morgan fingerprint density at radius 3 is 2.17 bits per heavy atom. The van der Waals surface area contributed by atoms with E-state index < -0.39 is 35.2 Å². The first kappa shape index (κ1) is 14.3. The third-order valence-electron chi connectivity index (χ3n) is 3.07. The number of rotatable bonds is 4. The summed E-state index contributed by atoms with van der Waals surface area (Å²) in [5, 5.41) is 8.81. The molecule has 1 aromatic carbocycles. The highest BCUT2D eigenvalue weighted by molar-refractivity contribution is 6.00. The third kappa shape index (κ3) is 2.72. The normalized spacial score (nSPS) is 14.1. The van der Waals surface area contributed by atoms with Crippen LogP contribution in [0.15, 0.2) is 12.1 Å². The number of Topliss-reactive ketones (excluding diaryl/α,β-unsaturated/α-hetero) is 1. The number of carbonyl (C=O) groups excluding carboxylic acids is 1. The van der Waals surface area contributed by atoms with Gasteiger partial charge in [-0.05, 0) is 18.6 Å². The molecule has 0 amide bonds. The van der Waals surface area contributed by atoms with Gasteiger partial charge in [0.2, 0.25) is 0 Å². The Morgan fingerprint density at radius 2 is 1.67 bits per heavy atom. The number of hydrogen-bond acceptors (Lipinski definition) is 2. The number of benzene rings is 1. The number of carboxylic acids is 1. The summed E-state index contributed by atoms with van der Waals surface area (Å²) in [7, 11) is 0. The van der Waals surface area contributed by atoms with E-state index in [0.717, 1.165) is 6.07 Å². The first-order valence-electron chi connectivity index (χ1n) is 5.48. The van der Waals surface area contributed by atoms with Gasteiger partial charge in [0, 0.05) is 12.0 Å². The van der Waals surface area contributed by atoms with Crippen molar-refractivity contribution in [3.8, 4) is 0 Å². The first-order chi connectivity index (χ1) is 8.25. The average Bonchev–Trinajstić information content (AvgIpc) is 2.30. The van der Waals surface area contributed by atoms with Crippen LogP contribution >= 0.6 is 0 Å². The van der Waals surface area contributed by atoms with Crippen LogP contribution < -0.4 is 0 Å². The number of halogens is 2. The highest BCUT2D eigenvalue weighted by Crippen LogP contribution is 2.21. The van der Waals surface area contributed by atoms with Gasteiger partial charge in [-0.1, -0.05) is 13.8 Å². The second-order valence-electron chi connectivity index (χ2n) is 4.36. The summed E-state index contributed by atoms with van der Waals surface area (Å²) in [4.78, 5) is 22.7. The van der Waals surface area contributed by atoms with E-state index in [0.29, 0.717) is 6.07 Å². The van der Waals surface area contributed by atoms with Gasteiger partial charge in [0.1, 0.15) is 11.6 Å². The molecule has 1 rings (SSSR count). The second-order valence-corrected chi connectivity index (χ2v) is 4.36.